The monoisotopic (exact) mass is 332 g/mol. The van der Waals surface area contributed by atoms with Gasteiger partial charge in [-0.25, -0.2) is 4.79 Å². The molecule has 0 aliphatic rings. The van der Waals surface area contributed by atoms with Crippen molar-refractivity contribution in [2.75, 3.05) is 14.2 Å². The third-order valence-corrected chi connectivity index (χ3v) is 4.27. The van der Waals surface area contributed by atoms with Crippen LogP contribution in [0, 0.1) is 6.92 Å². The van der Waals surface area contributed by atoms with Crippen LogP contribution in [0.15, 0.2) is 66.7 Å². The van der Waals surface area contributed by atoms with Gasteiger partial charge in [0.05, 0.1) is 19.8 Å². The van der Waals surface area contributed by atoms with Gasteiger partial charge >= 0.3 is 5.97 Å². The Morgan fingerprint density at radius 3 is 1.92 bits per heavy atom. The van der Waals surface area contributed by atoms with Crippen LogP contribution >= 0.6 is 0 Å². The Bertz CT molecular complexity index is 878. The molecule has 0 saturated heterocycles. The van der Waals surface area contributed by atoms with E-state index in [4.69, 9.17) is 9.47 Å². The molecule has 0 saturated carbocycles. The van der Waals surface area contributed by atoms with E-state index in [1.54, 1.807) is 19.2 Å². The van der Waals surface area contributed by atoms with E-state index < -0.39 is 0 Å². The summed E-state index contributed by atoms with van der Waals surface area (Å²) >= 11 is 0. The number of aryl methyl sites for hydroxylation is 1. The van der Waals surface area contributed by atoms with Gasteiger partial charge in [-0.15, -0.1) is 0 Å². The zero-order valence-electron chi connectivity index (χ0n) is 14.6. The second kappa shape index (κ2) is 7.22. The molecule has 0 bridgehead atoms. The summed E-state index contributed by atoms with van der Waals surface area (Å²) in [6.07, 6.45) is 0. The summed E-state index contributed by atoms with van der Waals surface area (Å²) in [7, 11) is 3.05. The first kappa shape index (κ1) is 16.8. The van der Waals surface area contributed by atoms with Crippen LogP contribution in [0.2, 0.25) is 0 Å². The number of benzene rings is 3. The second-order valence-corrected chi connectivity index (χ2v) is 5.83. The van der Waals surface area contributed by atoms with Gasteiger partial charge in [-0.3, -0.25) is 0 Å². The number of rotatable bonds is 4. The van der Waals surface area contributed by atoms with Gasteiger partial charge in [0.1, 0.15) is 5.75 Å². The summed E-state index contributed by atoms with van der Waals surface area (Å²) in [5, 5.41) is 0. The summed E-state index contributed by atoms with van der Waals surface area (Å²) in [4.78, 5) is 11.5. The lowest BCUT2D eigenvalue weighted by Gasteiger charge is -2.10. The predicted octanol–water partition coefficient (Wildman–Crippen LogP) is 5.12. The van der Waals surface area contributed by atoms with Crippen LogP contribution < -0.4 is 4.74 Å². The molecule has 0 unspecified atom stereocenters. The minimum atomic E-state index is -0.322. The SMILES string of the molecule is COC(=O)c1ccc(-c2ccc(-c3ccc(OC)cc3)c(C)c2)cc1. The van der Waals surface area contributed by atoms with Gasteiger partial charge in [-0.2, -0.15) is 0 Å². The fourth-order valence-corrected chi connectivity index (χ4v) is 2.85. The van der Waals surface area contributed by atoms with Gasteiger partial charge in [0.15, 0.2) is 0 Å². The van der Waals surface area contributed by atoms with Crippen molar-refractivity contribution in [1.29, 1.82) is 0 Å². The fraction of sp³-hybridized carbons (Fsp3) is 0.136. The molecule has 126 valence electrons. The van der Waals surface area contributed by atoms with Crippen LogP contribution in [0.3, 0.4) is 0 Å². The van der Waals surface area contributed by atoms with Crippen LogP contribution in [0.25, 0.3) is 22.3 Å². The van der Waals surface area contributed by atoms with Gasteiger partial charge in [-0.05, 0) is 59.0 Å². The summed E-state index contributed by atoms with van der Waals surface area (Å²) in [5.74, 6) is 0.529. The van der Waals surface area contributed by atoms with Crippen molar-refractivity contribution in [3.63, 3.8) is 0 Å². The van der Waals surface area contributed by atoms with Crippen molar-refractivity contribution in [1.82, 2.24) is 0 Å². The quantitative estimate of drug-likeness (QED) is 0.622. The molecule has 3 nitrogen and oxygen atoms in total. The molecular weight excluding hydrogens is 312 g/mol. The first-order chi connectivity index (χ1) is 12.1. The van der Waals surface area contributed by atoms with E-state index in [0.29, 0.717) is 5.56 Å². The number of hydrogen-bond acceptors (Lipinski definition) is 3. The highest BCUT2D eigenvalue weighted by Gasteiger charge is 2.07. The zero-order valence-corrected chi connectivity index (χ0v) is 14.6. The maximum Gasteiger partial charge on any atom is 0.337 e. The predicted molar refractivity (Wildman–Crippen MR) is 99.9 cm³/mol. The molecule has 0 spiro atoms. The zero-order chi connectivity index (χ0) is 17.8. The lowest BCUT2D eigenvalue weighted by molar-refractivity contribution is 0.0601. The molecule has 3 rings (SSSR count). The van der Waals surface area contributed by atoms with E-state index in [2.05, 4.69) is 37.3 Å². The maximum atomic E-state index is 11.5. The highest BCUT2D eigenvalue weighted by Crippen LogP contribution is 2.29. The largest absolute Gasteiger partial charge is 0.497 e. The minimum absolute atomic E-state index is 0.322. The van der Waals surface area contributed by atoms with Crippen LogP contribution in [0.1, 0.15) is 15.9 Å². The number of carbonyl (C=O) groups is 1. The lowest BCUT2D eigenvalue weighted by Crippen LogP contribution is -2.00. The molecule has 3 aromatic rings. The van der Waals surface area contributed by atoms with Crippen molar-refractivity contribution in [3.05, 3.63) is 77.9 Å². The molecule has 25 heavy (non-hydrogen) atoms. The first-order valence-electron chi connectivity index (χ1n) is 8.06. The lowest BCUT2D eigenvalue weighted by atomic mass is 9.95. The Morgan fingerprint density at radius 1 is 0.760 bits per heavy atom. The molecule has 0 aliphatic carbocycles. The van der Waals surface area contributed by atoms with E-state index in [1.165, 1.54) is 18.2 Å². The molecular formula is C22H20O3. The Balaban J connectivity index is 1.89. The van der Waals surface area contributed by atoms with Crippen LogP contribution in [-0.4, -0.2) is 20.2 Å². The van der Waals surface area contributed by atoms with Gasteiger partial charge in [0.2, 0.25) is 0 Å². The van der Waals surface area contributed by atoms with Crippen LogP contribution in [0.5, 0.6) is 5.75 Å². The Hall–Kier alpha value is -3.07. The highest BCUT2D eigenvalue weighted by molar-refractivity contribution is 5.90. The minimum Gasteiger partial charge on any atom is -0.497 e. The Kier molecular flexibility index (Phi) is 4.85. The normalized spacial score (nSPS) is 10.4. The standard InChI is InChI=1S/C22H20O3/c1-15-14-19(16-4-6-18(7-5-16)22(23)25-3)10-13-21(15)17-8-11-20(24-2)12-9-17/h4-14H,1-3H3. The van der Waals surface area contributed by atoms with Crippen molar-refractivity contribution in [3.8, 4) is 28.0 Å². The summed E-state index contributed by atoms with van der Waals surface area (Å²) < 4.78 is 9.95. The van der Waals surface area contributed by atoms with Crippen molar-refractivity contribution < 1.29 is 14.3 Å². The van der Waals surface area contributed by atoms with E-state index in [0.717, 1.165) is 22.4 Å². The Labute approximate surface area is 147 Å². The number of carbonyl (C=O) groups excluding carboxylic acids is 1. The smallest absolute Gasteiger partial charge is 0.337 e. The average Bonchev–Trinajstić information content (AvgIpc) is 2.67. The number of ether oxygens (including phenoxy) is 2. The van der Waals surface area contributed by atoms with Gasteiger partial charge in [-0.1, -0.05) is 42.5 Å². The summed E-state index contributed by atoms with van der Waals surface area (Å²) in [5.41, 5.74) is 6.28. The fourth-order valence-electron chi connectivity index (χ4n) is 2.85. The number of esters is 1. The van der Waals surface area contributed by atoms with E-state index in [-0.39, 0.29) is 5.97 Å². The molecule has 0 heterocycles. The van der Waals surface area contributed by atoms with E-state index >= 15 is 0 Å². The van der Waals surface area contributed by atoms with Gasteiger partial charge in [0, 0.05) is 0 Å². The maximum absolute atomic E-state index is 11.5. The average molecular weight is 332 g/mol. The molecule has 3 aromatic carbocycles. The summed E-state index contributed by atoms with van der Waals surface area (Å²) in [6, 6.07) is 21.9. The van der Waals surface area contributed by atoms with Crippen molar-refractivity contribution in [2.45, 2.75) is 6.92 Å². The van der Waals surface area contributed by atoms with Crippen LogP contribution in [-0.2, 0) is 4.74 Å². The number of methoxy groups -OCH3 is 2. The molecule has 0 N–H and O–H groups in total. The second-order valence-electron chi connectivity index (χ2n) is 5.83. The third kappa shape index (κ3) is 3.56. The third-order valence-electron chi connectivity index (χ3n) is 4.27. The Morgan fingerprint density at radius 2 is 1.36 bits per heavy atom. The van der Waals surface area contributed by atoms with Gasteiger partial charge < -0.3 is 9.47 Å². The van der Waals surface area contributed by atoms with E-state index in [1.807, 2.05) is 24.3 Å². The molecule has 0 amide bonds. The molecule has 0 radical (unpaired) electrons. The van der Waals surface area contributed by atoms with Gasteiger partial charge in [0.25, 0.3) is 0 Å². The molecule has 0 aliphatic heterocycles. The molecule has 0 aromatic heterocycles. The highest BCUT2D eigenvalue weighted by atomic mass is 16.5. The number of hydrogen-bond donors (Lipinski definition) is 0. The molecule has 0 fully saturated rings. The molecule has 0 atom stereocenters. The first-order valence-corrected chi connectivity index (χ1v) is 8.06. The van der Waals surface area contributed by atoms with E-state index in [9.17, 15) is 4.79 Å². The van der Waals surface area contributed by atoms with Crippen molar-refractivity contribution in [2.24, 2.45) is 0 Å². The topological polar surface area (TPSA) is 35.5 Å². The van der Waals surface area contributed by atoms with Crippen LogP contribution in [0.4, 0.5) is 0 Å². The summed E-state index contributed by atoms with van der Waals surface area (Å²) in [6.45, 7) is 2.10. The van der Waals surface area contributed by atoms with Crippen molar-refractivity contribution >= 4 is 5.97 Å². The molecule has 3 heteroatoms.